The third-order valence-electron chi connectivity index (χ3n) is 6.37. The molecule has 0 bridgehead atoms. The number of fused-ring (bicyclic) bond motifs is 1. The lowest BCUT2D eigenvalue weighted by Gasteiger charge is -2.26. The van der Waals surface area contributed by atoms with Crippen LogP contribution in [0.5, 0.6) is 0 Å². The maximum Gasteiger partial charge on any atom is 0.516 e. The van der Waals surface area contributed by atoms with Gasteiger partial charge in [0.2, 0.25) is 0 Å². The highest BCUT2D eigenvalue weighted by atomic mass is 32.2. The molecule has 0 aromatic heterocycles. The standard InChI is InChI=1S/C27H25F3N4O4S/c28-27(29,30)39(36,37)33-21-10-11-23-22(16-21)24(26(35)32-23)25(19-4-2-1-3-5-19)31-20-8-6-18(7-9-20)17-34-12-14-38-15-13-34/h1-11,16,31,33H,12-15,17H2,(H,32,35)/b25-24-. The molecule has 0 unspecified atom stereocenters. The molecule has 3 N–H and O–H groups in total. The van der Waals surface area contributed by atoms with Crippen LogP contribution in [0.1, 0.15) is 16.7 Å². The molecule has 3 aromatic rings. The monoisotopic (exact) mass is 558 g/mol. The summed E-state index contributed by atoms with van der Waals surface area (Å²) in [5, 5.41) is 6.00. The van der Waals surface area contributed by atoms with E-state index in [0.717, 1.165) is 31.3 Å². The summed E-state index contributed by atoms with van der Waals surface area (Å²) in [6.45, 7) is 3.91. The first-order chi connectivity index (χ1) is 18.6. The third-order valence-corrected chi connectivity index (χ3v) is 7.48. The zero-order chi connectivity index (χ0) is 27.6. The number of sulfonamides is 1. The molecule has 0 aliphatic carbocycles. The molecular weight excluding hydrogens is 533 g/mol. The van der Waals surface area contributed by atoms with E-state index in [0.29, 0.717) is 35.8 Å². The van der Waals surface area contributed by atoms with Gasteiger partial charge in [-0.2, -0.15) is 21.6 Å². The van der Waals surface area contributed by atoms with E-state index in [1.165, 1.54) is 12.1 Å². The minimum absolute atomic E-state index is 0.168. The molecule has 8 nitrogen and oxygen atoms in total. The molecule has 0 radical (unpaired) electrons. The predicted molar refractivity (Wildman–Crippen MR) is 143 cm³/mol. The summed E-state index contributed by atoms with van der Waals surface area (Å²) in [5.41, 5.74) is -2.13. The van der Waals surface area contributed by atoms with Crippen LogP contribution in [0.4, 0.5) is 30.2 Å². The number of nitrogens with zero attached hydrogens (tertiary/aromatic N) is 1. The van der Waals surface area contributed by atoms with E-state index in [4.69, 9.17) is 4.74 Å². The number of halogens is 3. The van der Waals surface area contributed by atoms with Crippen molar-refractivity contribution in [3.05, 3.63) is 89.5 Å². The average molecular weight is 559 g/mol. The molecule has 3 aromatic carbocycles. The van der Waals surface area contributed by atoms with Gasteiger partial charge in [0.1, 0.15) is 0 Å². The van der Waals surface area contributed by atoms with Crippen LogP contribution in [0.25, 0.3) is 11.3 Å². The van der Waals surface area contributed by atoms with Crippen molar-refractivity contribution in [1.29, 1.82) is 0 Å². The van der Waals surface area contributed by atoms with Crippen molar-refractivity contribution in [2.24, 2.45) is 0 Å². The number of benzene rings is 3. The van der Waals surface area contributed by atoms with Crippen LogP contribution in [0, 0.1) is 0 Å². The number of anilines is 3. The Morgan fingerprint density at radius 3 is 2.28 bits per heavy atom. The summed E-state index contributed by atoms with van der Waals surface area (Å²) < 4.78 is 69.1. The number of carbonyl (C=O) groups excluding carboxylic acids is 1. The lowest BCUT2D eigenvalue weighted by molar-refractivity contribution is -0.110. The quantitative estimate of drug-likeness (QED) is 0.363. The second-order valence-electron chi connectivity index (χ2n) is 9.09. The molecule has 12 heteroatoms. The van der Waals surface area contributed by atoms with Crippen molar-refractivity contribution >= 4 is 44.3 Å². The fourth-order valence-electron chi connectivity index (χ4n) is 4.43. The Bertz CT molecular complexity index is 1500. The van der Waals surface area contributed by atoms with Gasteiger partial charge in [0, 0.05) is 42.3 Å². The maximum absolute atomic E-state index is 13.1. The summed E-state index contributed by atoms with van der Waals surface area (Å²) in [6, 6.07) is 20.5. The SMILES string of the molecule is O=C1Nc2ccc(NS(=O)(=O)C(F)(F)F)cc2/C1=C(/Nc1ccc(CN2CCOCC2)cc1)c1ccccc1. The Morgan fingerprint density at radius 2 is 1.62 bits per heavy atom. The van der Waals surface area contributed by atoms with E-state index in [1.54, 1.807) is 29.0 Å². The Hall–Kier alpha value is -3.87. The van der Waals surface area contributed by atoms with E-state index >= 15 is 0 Å². The van der Waals surface area contributed by atoms with Crippen molar-refractivity contribution in [1.82, 2.24) is 4.90 Å². The topological polar surface area (TPSA) is 99.8 Å². The van der Waals surface area contributed by atoms with Crippen LogP contribution in [-0.2, 0) is 26.1 Å². The zero-order valence-corrected chi connectivity index (χ0v) is 21.4. The van der Waals surface area contributed by atoms with E-state index in [-0.39, 0.29) is 16.8 Å². The zero-order valence-electron chi connectivity index (χ0n) is 20.6. The molecule has 0 atom stereocenters. The molecule has 0 spiro atoms. The highest BCUT2D eigenvalue weighted by Crippen LogP contribution is 2.39. The van der Waals surface area contributed by atoms with Gasteiger partial charge in [0.05, 0.1) is 24.5 Å². The molecule has 1 amide bonds. The van der Waals surface area contributed by atoms with Gasteiger partial charge in [-0.05, 0) is 41.5 Å². The Morgan fingerprint density at radius 1 is 0.949 bits per heavy atom. The second kappa shape index (κ2) is 10.7. The molecule has 39 heavy (non-hydrogen) atoms. The van der Waals surface area contributed by atoms with E-state index < -0.39 is 21.4 Å². The van der Waals surface area contributed by atoms with Gasteiger partial charge in [0.25, 0.3) is 5.91 Å². The van der Waals surface area contributed by atoms with Crippen LogP contribution in [0.3, 0.4) is 0 Å². The van der Waals surface area contributed by atoms with Gasteiger partial charge in [0.15, 0.2) is 0 Å². The molecule has 2 heterocycles. The highest BCUT2D eigenvalue weighted by molar-refractivity contribution is 7.93. The van der Waals surface area contributed by atoms with Crippen LogP contribution >= 0.6 is 0 Å². The number of carbonyl (C=O) groups is 1. The normalized spacial score (nSPS) is 17.4. The summed E-state index contributed by atoms with van der Waals surface area (Å²) in [5.74, 6) is -0.476. The Balaban J connectivity index is 1.50. The molecule has 1 saturated heterocycles. The van der Waals surface area contributed by atoms with E-state index in [1.807, 2.05) is 30.3 Å². The summed E-state index contributed by atoms with van der Waals surface area (Å²) in [6.07, 6.45) is 0. The average Bonchev–Trinajstić information content (AvgIpc) is 3.23. The molecule has 2 aliphatic rings. The van der Waals surface area contributed by atoms with Crippen molar-refractivity contribution in [3.63, 3.8) is 0 Å². The van der Waals surface area contributed by atoms with Crippen LogP contribution in [-0.4, -0.2) is 51.0 Å². The van der Waals surface area contributed by atoms with Crippen LogP contribution < -0.4 is 15.4 Å². The fourth-order valence-corrected chi connectivity index (χ4v) is 4.98. The molecular formula is C27H25F3N4O4S. The highest BCUT2D eigenvalue weighted by Gasteiger charge is 2.46. The first-order valence-electron chi connectivity index (χ1n) is 12.1. The van der Waals surface area contributed by atoms with Crippen molar-refractivity contribution in [2.45, 2.75) is 12.1 Å². The minimum Gasteiger partial charge on any atom is -0.379 e. The maximum atomic E-state index is 13.1. The van der Waals surface area contributed by atoms with Crippen molar-refractivity contribution in [3.8, 4) is 0 Å². The number of hydrogen-bond donors (Lipinski definition) is 3. The lowest BCUT2D eigenvalue weighted by Crippen LogP contribution is -2.35. The Labute approximate surface area is 223 Å². The largest absolute Gasteiger partial charge is 0.516 e. The minimum atomic E-state index is -5.63. The van der Waals surface area contributed by atoms with Gasteiger partial charge in [-0.15, -0.1) is 0 Å². The number of rotatable bonds is 7. The first-order valence-corrected chi connectivity index (χ1v) is 13.6. The van der Waals surface area contributed by atoms with Crippen molar-refractivity contribution in [2.75, 3.05) is 41.7 Å². The van der Waals surface area contributed by atoms with Gasteiger partial charge >= 0.3 is 15.5 Å². The summed E-state index contributed by atoms with van der Waals surface area (Å²) in [7, 11) is -5.63. The number of amides is 1. The fraction of sp³-hybridized carbons (Fsp3) is 0.222. The first kappa shape index (κ1) is 26.7. The van der Waals surface area contributed by atoms with Gasteiger partial charge in [-0.3, -0.25) is 14.4 Å². The van der Waals surface area contributed by atoms with Gasteiger partial charge < -0.3 is 15.4 Å². The van der Waals surface area contributed by atoms with E-state index in [2.05, 4.69) is 15.5 Å². The molecule has 0 saturated carbocycles. The van der Waals surface area contributed by atoms with Crippen LogP contribution in [0.2, 0.25) is 0 Å². The second-order valence-corrected chi connectivity index (χ2v) is 10.8. The van der Waals surface area contributed by atoms with Gasteiger partial charge in [-0.1, -0.05) is 42.5 Å². The van der Waals surface area contributed by atoms with Crippen LogP contribution in [0.15, 0.2) is 72.8 Å². The number of morpholine rings is 1. The lowest BCUT2D eigenvalue weighted by atomic mass is 9.99. The Kier molecular flexibility index (Phi) is 7.34. The number of nitrogens with one attached hydrogen (secondary N) is 3. The summed E-state index contributed by atoms with van der Waals surface area (Å²) >= 11 is 0. The predicted octanol–water partition coefficient (Wildman–Crippen LogP) is 4.71. The number of hydrogen-bond acceptors (Lipinski definition) is 6. The van der Waals surface area contributed by atoms with Crippen molar-refractivity contribution < 1.29 is 31.1 Å². The third kappa shape index (κ3) is 5.92. The van der Waals surface area contributed by atoms with E-state index in [9.17, 15) is 26.4 Å². The summed E-state index contributed by atoms with van der Waals surface area (Å²) in [4.78, 5) is 15.4. The molecule has 1 fully saturated rings. The number of alkyl halides is 3. The number of ether oxygens (including phenoxy) is 1. The smallest absolute Gasteiger partial charge is 0.379 e. The molecule has 5 rings (SSSR count). The molecule has 204 valence electrons. The van der Waals surface area contributed by atoms with Gasteiger partial charge in [-0.25, -0.2) is 0 Å². The molecule has 2 aliphatic heterocycles.